The van der Waals surface area contributed by atoms with Crippen molar-refractivity contribution in [1.82, 2.24) is 0 Å². The van der Waals surface area contributed by atoms with Crippen LogP contribution < -0.4 is 16.4 Å². The van der Waals surface area contributed by atoms with E-state index in [9.17, 15) is 4.79 Å². The molecule has 0 saturated carbocycles. The fourth-order valence-electron chi connectivity index (χ4n) is 2.11. The van der Waals surface area contributed by atoms with E-state index in [1.165, 1.54) is 11.1 Å². The van der Waals surface area contributed by atoms with Crippen molar-refractivity contribution in [1.29, 1.82) is 0 Å². The summed E-state index contributed by atoms with van der Waals surface area (Å²) >= 11 is 0. The molecule has 0 aromatic heterocycles. The molecule has 2 aliphatic carbocycles. The number of anilines is 2. The van der Waals surface area contributed by atoms with Crippen molar-refractivity contribution in [2.45, 2.75) is 6.04 Å². The van der Waals surface area contributed by atoms with Crippen LogP contribution in [0.2, 0.25) is 0 Å². The van der Waals surface area contributed by atoms with E-state index in [0.29, 0.717) is 6.54 Å². The summed E-state index contributed by atoms with van der Waals surface area (Å²) in [5, 5.41) is 0. The Morgan fingerprint density at radius 1 is 1.11 bits per heavy atom. The smallest absolute Gasteiger partial charge is 0.245 e. The highest BCUT2D eigenvalue weighted by Gasteiger charge is 2.34. The van der Waals surface area contributed by atoms with E-state index in [1.54, 1.807) is 4.90 Å². The van der Waals surface area contributed by atoms with Crippen LogP contribution in [0.25, 0.3) is 11.1 Å². The molecule has 4 N–H and O–H groups in total. The van der Waals surface area contributed by atoms with Gasteiger partial charge in [0, 0.05) is 16.9 Å². The maximum Gasteiger partial charge on any atom is 0.245 e. The van der Waals surface area contributed by atoms with Crippen LogP contribution >= 0.6 is 0 Å². The second kappa shape index (κ2) is 4.40. The largest absolute Gasteiger partial charge is 0.398 e. The zero-order valence-electron chi connectivity index (χ0n) is 10.4. The van der Waals surface area contributed by atoms with E-state index >= 15 is 0 Å². The van der Waals surface area contributed by atoms with Gasteiger partial charge in [-0.2, -0.15) is 0 Å². The van der Waals surface area contributed by atoms with Gasteiger partial charge < -0.3 is 16.4 Å². The highest BCUT2D eigenvalue weighted by Crippen LogP contribution is 2.38. The minimum Gasteiger partial charge on any atom is -0.398 e. The maximum absolute atomic E-state index is 11.2. The summed E-state index contributed by atoms with van der Waals surface area (Å²) in [6, 6.07) is 15.3. The van der Waals surface area contributed by atoms with E-state index in [4.69, 9.17) is 11.5 Å². The number of hydrogen-bond acceptors (Lipinski definition) is 3. The van der Waals surface area contributed by atoms with Crippen molar-refractivity contribution in [2.24, 2.45) is 5.73 Å². The molecular formula is C15H15N3O. The maximum atomic E-state index is 11.2. The van der Waals surface area contributed by atoms with Gasteiger partial charge in [0.25, 0.3) is 0 Å². The third-order valence-electron chi connectivity index (χ3n) is 3.39. The first-order valence-electron chi connectivity index (χ1n) is 6.19. The fraction of sp³-hybridized carbons (Fsp3) is 0.133. The van der Waals surface area contributed by atoms with Crippen molar-refractivity contribution in [3.8, 4) is 11.1 Å². The van der Waals surface area contributed by atoms with Crippen LogP contribution in [0.5, 0.6) is 0 Å². The van der Waals surface area contributed by atoms with E-state index < -0.39 is 0 Å². The lowest BCUT2D eigenvalue weighted by molar-refractivity contribution is -0.123. The monoisotopic (exact) mass is 253 g/mol. The Balaban J connectivity index is 0.000000132. The summed E-state index contributed by atoms with van der Waals surface area (Å²) in [6.07, 6.45) is 0. The molecule has 0 spiro atoms. The average Bonchev–Trinajstić information content (AvgIpc) is 2.43. The predicted octanol–water partition coefficient (Wildman–Crippen LogP) is 1.61. The molecule has 3 aliphatic rings. The van der Waals surface area contributed by atoms with Crippen molar-refractivity contribution < 1.29 is 4.79 Å². The number of hydrogen-bond donors (Lipinski definition) is 2. The Morgan fingerprint density at radius 3 is 2.16 bits per heavy atom. The van der Waals surface area contributed by atoms with Gasteiger partial charge in [-0.25, -0.2) is 0 Å². The Bertz CT molecular complexity index is 625. The first kappa shape index (κ1) is 11.7. The van der Waals surface area contributed by atoms with Crippen LogP contribution in [0.15, 0.2) is 48.5 Å². The zero-order chi connectivity index (χ0) is 13.4. The van der Waals surface area contributed by atoms with E-state index in [-0.39, 0.29) is 11.9 Å². The lowest BCUT2D eigenvalue weighted by atomic mass is 9.91. The lowest BCUT2D eigenvalue weighted by Crippen LogP contribution is -2.61. The number of rotatable bonds is 1. The number of nitrogens with two attached hydrogens (primary N) is 2. The van der Waals surface area contributed by atoms with E-state index in [1.807, 2.05) is 42.5 Å². The van der Waals surface area contributed by atoms with Crippen LogP contribution in [0, 0.1) is 0 Å². The topological polar surface area (TPSA) is 72.3 Å². The normalized spacial score (nSPS) is 18.3. The Kier molecular flexibility index (Phi) is 2.72. The second-order valence-corrected chi connectivity index (χ2v) is 4.69. The Morgan fingerprint density at radius 2 is 1.84 bits per heavy atom. The molecule has 1 unspecified atom stereocenters. The molecule has 1 fully saturated rings. The first-order valence-corrected chi connectivity index (χ1v) is 6.19. The van der Waals surface area contributed by atoms with E-state index in [2.05, 4.69) is 6.07 Å². The van der Waals surface area contributed by atoms with Gasteiger partial charge in [-0.05, 0) is 23.8 Å². The van der Waals surface area contributed by atoms with Gasteiger partial charge >= 0.3 is 0 Å². The number of carbonyl (C=O) groups is 1. The van der Waals surface area contributed by atoms with Crippen molar-refractivity contribution in [3.63, 3.8) is 0 Å². The molecule has 96 valence electrons. The molecule has 1 aromatic carbocycles. The van der Waals surface area contributed by atoms with Gasteiger partial charge in [0.1, 0.15) is 6.04 Å². The lowest BCUT2D eigenvalue weighted by Gasteiger charge is -2.35. The number of nitrogens with zero attached hydrogens (tertiary/aromatic N) is 1. The summed E-state index contributed by atoms with van der Waals surface area (Å²) in [6.45, 7) is 0.642. The molecule has 4 rings (SSSR count). The van der Waals surface area contributed by atoms with Crippen molar-refractivity contribution >= 4 is 17.3 Å². The number of nitrogen functional groups attached to an aromatic ring is 1. The zero-order valence-corrected chi connectivity index (χ0v) is 10.4. The highest BCUT2D eigenvalue weighted by molar-refractivity contribution is 6.03. The first-order chi connectivity index (χ1) is 9.16. The molecule has 1 saturated heterocycles. The average molecular weight is 253 g/mol. The summed E-state index contributed by atoms with van der Waals surface area (Å²) < 4.78 is 0. The number of β-lactam (4-membered cyclic amide) rings is 1. The van der Waals surface area contributed by atoms with Crippen LogP contribution in [0.3, 0.4) is 0 Å². The predicted molar refractivity (Wildman–Crippen MR) is 76.6 cm³/mol. The number of fused-ring (bicyclic) bond motifs is 1. The van der Waals surface area contributed by atoms with Gasteiger partial charge in [0.15, 0.2) is 0 Å². The summed E-state index contributed by atoms with van der Waals surface area (Å²) in [4.78, 5) is 12.8. The third-order valence-corrected chi connectivity index (χ3v) is 3.39. The van der Waals surface area contributed by atoms with Gasteiger partial charge in [-0.3, -0.25) is 4.79 Å². The van der Waals surface area contributed by atoms with Gasteiger partial charge in [-0.15, -0.1) is 0 Å². The third kappa shape index (κ3) is 1.96. The Labute approximate surface area is 111 Å². The number of amides is 1. The van der Waals surface area contributed by atoms with E-state index in [0.717, 1.165) is 11.4 Å². The molecule has 1 amide bonds. The highest BCUT2D eigenvalue weighted by atomic mass is 16.2. The van der Waals surface area contributed by atoms with Crippen LogP contribution in [-0.4, -0.2) is 18.5 Å². The van der Waals surface area contributed by atoms with Crippen LogP contribution in [0.1, 0.15) is 0 Å². The summed E-state index contributed by atoms with van der Waals surface area (Å²) in [7, 11) is 0. The summed E-state index contributed by atoms with van der Waals surface area (Å²) in [5.41, 5.74) is 15.3. The van der Waals surface area contributed by atoms with Gasteiger partial charge in [0.2, 0.25) is 5.91 Å². The number of carbonyl (C=O) groups excluding carboxylic acids is 1. The molecule has 1 heterocycles. The Hall–Kier alpha value is -2.33. The van der Waals surface area contributed by atoms with Crippen LogP contribution in [0.4, 0.5) is 11.4 Å². The molecule has 1 aliphatic heterocycles. The SMILES string of the molecule is NC1CN(c2ccccc2)C1=O.Nc1cc2ccc1-2. The summed E-state index contributed by atoms with van der Waals surface area (Å²) in [5.74, 6) is 0.0150. The molecule has 0 radical (unpaired) electrons. The van der Waals surface area contributed by atoms with Crippen LogP contribution in [-0.2, 0) is 4.79 Å². The van der Waals surface area contributed by atoms with Gasteiger partial charge in [-0.1, -0.05) is 30.3 Å². The quantitative estimate of drug-likeness (QED) is 0.511. The molecule has 1 aromatic rings. The van der Waals surface area contributed by atoms with Gasteiger partial charge in [0.05, 0.1) is 6.54 Å². The molecular weight excluding hydrogens is 238 g/mol. The minimum absolute atomic E-state index is 0.0150. The standard InChI is InChI=1S/C9H10N2O.C6H5N/c10-8-6-11(9(8)12)7-4-2-1-3-5-7;7-6-3-4-1-2-5(4)6/h1-5,8H,6,10H2;1-3H,7H2. The molecule has 4 nitrogen and oxygen atoms in total. The van der Waals surface area contributed by atoms with Crippen molar-refractivity contribution in [3.05, 3.63) is 48.5 Å². The molecule has 4 heteroatoms. The number of benzene rings is 2. The van der Waals surface area contributed by atoms with Crippen molar-refractivity contribution in [2.75, 3.05) is 17.2 Å². The fourth-order valence-corrected chi connectivity index (χ4v) is 2.11. The molecule has 19 heavy (non-hydrogen) atoms. The second-order valence-electron chi connectivity index (χ2n) is 4.69. The minimum atomic E-state index is -0.287. The molecule has 1 atom stereocenters. The number of para-hydroxylation sites is 1. The molecule has 0 bridgehead atoms.